The van der Waals surface area contributed by atoms with Gasteiger partial charge in [-0.3, -0.25) is 9.52 Å². The van der Waals surface area contributed by atoms with Crippen molar-refractivity contribution in [3.8, 4) is 0 Å². The Hall–Kier alpha value is -1.81. The predicted molar refractivity (Wildman–Crippen MR) is 66.8 cm³/mol. The van der Waals surface area contributed by atoms with Crippen molar-refractivity contribution in [3.63, 3.8) is 0 Å². The van der Waals surface area contributed by atoms with Crippen LogP contribution in [0.15, 0.2) is 21.1 Å². The van der Waals surface area contributed by atoms with Crippen molar-refractivity contribution in [1.29, 1.82) is 0 Å². The Kier molecular flexibility index (Phi) is 3.61. The van der Waals surface area contributed by atoms with Crippen LogP contribution >= 0.6 is 11.3 Å². The number of aromatic nitrogens is 1. The van der Waals surface area contributed by atoms with E-state index in [0.717, 1.165) is 0 Å². The highest BCUT2D eigenvalue weighted by Crippen LogP contribution is 2.24. The molecule has 0 radical (unpaired) electrons. The lowest BCUT2D eigenvalue weighted by Gasteiger charge is -2.08. The average molecular weight is 324 g/mol. The Morgan fingerprint density at radius 3 is 2.45 bits per heavy atom. The van der Waals surface area contributed by atoms with Crippen LogP contribution in [0.2, 0.25) is 0 Å². The molecule has 0 saturated heterocycles. The first-order chi connectivity index (χ1) is 9.20. The van der Waals surface area contributed by atoms with Crippen molar-refractivity contribution in [1.82, 2.24) is 4.98 Å². The molecule has 0 aliphatic heterocycles. The molecule has 2 N–H and O–H groups in total. The highest BCUT2D eigenvalue weighted by molar-refractivity contribution is 7.94. The molecule has 0 spiro atoms. The molecule has 5 nitrogen and oxygen atoms in total. The summed E-state index contributed by atoms with van der Waals surface area (Å²) in [7, 11) is -4.32. The fraction of sp³-hybridized carbons (Fsp3) is 0.100. The van der Waals surface area contributed by atoms with Crippen LogP contribution in [0.1, 0.15) is 5.69 Å². The van der Waals surface area contributed by atoms with Crippen LogP contribution in [0.5, 0.6) is 0 Å². The molecule has 1 heterocycles. The maximum absolute atomic E-state index is 13.4. The van der Waals surface area contributed by atoms with Crippen LogP contribution in [0, 0.1) is 24.4 Å². The molecule has 2 rings (SSSR count). The van der Waals surface area contributed by atoms with E-state index < -0.39 is 38.0 Å². The molecule has 10 heteroatoms. The van der Waals surface area contributed by atoms with Crippen LogP contribution in [0.25, 0.3) is 0 Å². The third kappa shape index (κ3) is 2.70. The largest absolute Gasteiger partial charge is 0.315 e. The number of aromatic amines is 1. The first-order valence-corrected chi connectivity index (χ1v) is 7.38. The number of aryl methyl sites for hydroxylation is 1. The van der Waals surface area contributed by atoms with E-state index in [-0.39, 0.29) is 16.0 Å². The molecule has 2 aromatic rings. The Bertz CT molecular complexity index is 827. The number of thiazole rings is 1. The smallest absolute Gasteiger partial charge is 0.306 e. The number of hydrogen-bond acceptors (Lipinski definition) is 4. The van der Waals surface area contributed by atoms with Gasteiger partial charge in [0.15, 0.2) is 15.8 Å². The fourth-order valence-corrected chi connectivity index (χ4v) is 3.82. The Morgan fingerprint density at radius 1 is 1.25 bits per heavy atom. The summed E-state index contributed by atoms with van der Waals surface area (Å²) in [6.07, 6.45) is 0. The zero-order valence-corrected chi connectivity index (χ0v) is 11.5. The van der Waals surface area contributed by atoms with Gasteiger partial charge in [0.05, 0.1) is 5.69 Å². The van der Waals surface area contributed by atoms with E-state index in [1.54, 1.807) is 4.72 Å². The number of H-pyrrole nitrogens is 1. The molecule has 0 atom stereocenters. The number of rotatable bonds is 3. The molecule has 108 valence electrons. The number of hydrogen-bond donors (Lipinski definition) is 2. The Labute approximate surface area is 115 Å². The summed E-state index contributed by atoms with van der Waals surface area (Å²) in [6.45, 7) is 1.33. The molecule has 0 aliphatic rings. The van der Waals surface area contributed by atoms with Crippen molar-refractivity contribution in [2.24, 2.45) is 0 Å². The molecule has 20 heavy (non-hydrogen) atoms. The predicted octanol–water partition coefficient (Wildman–Crippen LogP) is 1.96. The van der Waals surface area contributed by atoms with E-state index in [9.17, 15) is 26.4 Å². The monoisotopic (exact) mass is 324 g/mol. The molecule has 0 amide bonds. The summed E-state index contributed by atoms with van der Waals surface area (Å²) < 4.78 is 64.6. The first kappa shape index (κ1) is 14.6. The van der Waals surface area contributed by atoms with Crippen LogP contribution in [-0.4, -0.2) is 13.4 Å². The molecule has 0 fully saturated rings. The van der Waals surface area contributed by atoms with Gasteiger partial charge in [-0.1, -0.05) is 11.3 Å². The lowest BCUT2D eigenvalue weighted by molar-refractivity contribution is 0.498. The van der Waals surface area contributed by atoms with Gasteiger partial charge in [0.25, 0.3) is 10.0 Å². The zero-order chi connectivity index (χ0) is 15.1. The van der Waals surface area contributed by atoms with Crippen molar-refractivity contribution in [2.75, 3.05) is 4.72 Å². The molecule has 0 unspecified atom stereocenters. The highest BCUT2D eigenvalue weighted by atomic mass is 32.2. The normalized spacial score (nSPS) is 11.6. The van der Waals surface area contributed by atoms with Gasteiger partial charge in [0.2, 0.25) is 0 Å². The summed E-state index contributed by atoms with van der Waals surface area (Å²) in [5, 5.41) is 0. The molecule has 1 aromatic heterocycles. The third-order valence-corrected chi connectivity index (χ3v) is 5.23. The summed E-state index contributed by atoms with van der Waals surface area (Å²) in [5.41, 5.74) is -0.826. The van der Waals surface area contributed by atoms with Gasteiger partial charge in [-0.2, -0.15) is 0 Å². The van der Waals surface area contributed by atoms with E-state index in [4.69, 9.17) is 0 Å². The zero-order valence-electron chi connectivity index (χ0n) is 9.83. The lowest BCUT2D eigenvalue weighted by atomic mass is 10.3. The fourth-order valence-electron chi connectivity index (χ4n) is 1.47. The second-order valence-corrected chi connectivity index (χ2v) is 6.64. The molecule has 0 saturated carbocycles. The number of benzene rings is 1. The minimum Gasteiger partial charge on any atom is -0.315 e. The van der Waals surface area contributed by atoms with Gasteiger partial charge in [-0.25, -0.2) is 21.6 Å². The van der Waals surface area contributed by atoms with Crippen LogP contribution in [0.4, 0.5) is 18.9 Å². The topological polar surface area (TPSA) is 79.0 Å². The van der Waals surface area contributed by atoms with E-state index >= 15 is 0 Å². The van der Waals surface area contributed by atoms with E-state index in [1.165, 1.54) is 6.92 Å². The molecule has 0 aliphatic carbocycles. The minimum absolute atomic E-state index is 0.0461. The van der Waals surface area contributed by atoms with Crippen molar-refractivity contribution >= 4 is 27.0 Å². The van der Waals surface area contributed by atoms with E-state index in [0.29, 0.717) is 17.4 Å². The van der Waals surface area contributed by atoms with Gasteiger partial charge in [0.1, 0.15) is 5.82 Å². The van der Waals surface area contributed by atoms with Gasteiger partial charge in [-0.15, -0.1) is 0 Å². The molecule has 0 bridgehead atoms. The number of sulfonamides is 1. The van der Waals surface area contributed by atoms with E-state index in [2.05, 4.69) is 4.98 Å². The van der Waals surface area contributed by atoms with Crippen LogP contribution in [0.3, 0.4) is 0 Å². The average Bonchev–Trinajstić information content (AvgIpc) is 2.65. The van der Waals surface area contributed by atoms with Crippen molar-refractivity contribution < 1.29 is 21.6 Å². The molecule has 1 aromatic carbocycles. The van der Waals surface area contributed by atoms with E-state index in [1.807, 2.05) is 0 Å². The first-order valence-electron chi connectivity index (χ1n) is 5.08. The van der Waals surface area contributed by atoms with Crippen molar-refractivity contribution in [3.05, 3.63) is 44.9 Å². The second kappa shape index (κ2) is 4.94. The number of halogens is 3. The third-order valence-electron chi connectivity index (χ3n) is 2.26. The van der Waals surface area contributed by atoms with Crippen molar-refractivity contribution in [2.45, 2.75) is 11.1 Å². The van der Waals surface area contributed by atoms with Crippen LogP contribution < -0.4 is 9.60 Å². The summed E-state index contributed by atoms with van der Waals surface area (Å²) in [6, 6.07) is 0.785. The summed E-state index contributed by atoms with van der Waals surface area (Å²) in [4.78, 5) is 12.7. The number of nitrogens with one attached hydrogen (secondary N) is 2. The highest BCUT2D eigenvalue weighted by Gasteiger charge is 2.23. The quantitative estimate of drug-likeness (QED) is 0.847. The SMILES string of the molecule is Cc1[nH]c(=O)sc1S(=O)(=O)Nc1cc(F)cc(F)c1F. The Morgan fingerprint density at radius 2 is 1.90 bits per heavy atom. The Balaban J connectivity index is 2.49. The maximum Gasteiger partial charge on any atom is 0.306 e. The van der Waals surface area contributed by atoms with Gasteiger partial charge < -0.3 is 4.98 Å². The second-order valence-electron chi connectivity index (χ2n) is 3.78. The van der Waals surface area contributed by atoms with Gasteiger partial charge in [0, 0.05) is 17.8 Å². The van der Waals surface area contributed by atoms with Gasteiger partial charge >= 0.3 is 4.87 Å². The minimum atomic E-state index is -4.32. The number of anilines is 1. The summed E-state index contributed by atoms with van der Waals surface area (Å²) in [5.74, 6) is -4.20. The maximum atomic E-state index is 13.4. The standard InChI is InChI=1S/C10H7F3N2O3S2/c1-4-9(19-10(16)14-4)20(17,18)15-7-3-5(11)2-6(12)8(7)13/h2-3,15H,1H3,(H,14,16). The molecular formula is C10H7F3N2O3S2. The van der Waals surface area contributed by atoms with Gasteiger partial charge in [-0.05, 0) is 6.92 Å². The lowest BCUT2D eigenvalue weighted by Crippen LogP contribution is -2.14. The summed E-state index contributed by atoms with van der Waals surface area (Å²) >= 11 is 0.383. The molecular weight excluding hydrogens is 317 g/mol. The van der Waals surface area contributed by atoms with Crippen LogP contribution in [-0.2, 0) is 10.0 Å².